The van der Waals surface area contributed by atoms with Crippen molar-refractivity contribution < 1.29 is 4.74 Å². The fourth-order valence-electron chi connectivity index (χ4n) is 2.52. The summed E-state index contributed by atoms with van der Waals surface area (Å²) in [7, 11) is 0. The molecule has 0 aromatic carbocycles. The third-order valence-corrected chi connectivity index (χ3v) is 3.49. The molecule has 1 heteroatoms. The Bertz CT molecular complexity index is 119. The lowest BCUT2D eigenvalue weighted by molar-refractivity contribution is 0.131. The largest absolute Gasteiger partial charge is 0.381 e. The first-order chi connectivity index (χ1) is 4.83. The first kappa shape index (κ1) is 6.66. The van der Waals surface area contributed by atoms with E-state index in [4.69, 9.17) is 4.74 Å². The van der Waals surface area contributed by atoms with Crippen LogP contribution in [0.2, 0.25) is 0 Å². The van der Waals surface area contributed by atoms with E-state index >= 15 is 0 Å². The molecule has 0 aromatic rings. The standard InChI is InChI=1S/C9H16O/c1-8-3-2-4-9(8)5-6-10-7-9/h8H,2-7H2,1H3. The summed E-state index contributed by atoms with van der Waals surface area (Å²) in [5.74, 6) is 0.926. The second-order valence-corrected chi connectivity index (χ2v) is 3.96. The highest BCUT2D eigenvalue weighted by atomic mass is 16.5. The van der Waals surface area contributed by atoms with Crippen molar-refractivity contribution >= 4 is 0 Å². The predicted octanol–water partition coefficient (Wildman–Crippen LogP) is 2.21. The van der Waals surface area contributed by atoms with Gasteiger partial charge in [-0.05, 0) is 24.2 Å². The highest BCUT2D eigenvalue weighted by Crippen LogP contribution is 2.48. The first-order valence-electron chi connectivity index (χ1n) is 4.41. The lowest BCUT2D eigenvalue weighted by Crippen LogP contribution is -2.23. The molecule has 0 aromatic heterocycles. The summed E-state index contributed by atoms with van der Waals surface area (Å²) in [5, 5.41) is 0. The van der Waals surface area contributed by atoms with Crippen LogP contribution in [-0.4, -0.2) is 13.2 Å². The van der Waals surface area contributed by atoms with Gasteiger partial charge in [0.05, 0.1) is 6.61 Å². The summed E-state index contributed by atoms with van der Waals surface area (Å²) in [5.41, 5.74) is 0.625. The maximum atomic E-state index is 5.45. The third-order valence-electron chi connectivity index (χ3n) is 3.49. The van der Waals surface area contributed by atoms with Crippen LogP contribution in [-0.2, 0) is 4.74 Å². The van der Waals surface area contributed by atoms with Crippen molar-refractivity contribution in [3.8, 4) is 0 Å². The van der Waals surface area contributed by atoms with E-state index in [9.17, 15) is 0 Å². The lowest BCUT2D eigenvalue weighted by Gasteiger charge is -2.25. The summed E-state index contributed by atoms with van der Waals surface area (Å²) >= 11 is 0. The van der Waals surface area contributed by atoms with Gasteiger partial charge in [-0.15, -0.1) is 0 Å². The van der Waals surface area contributed by atoms with E-state index in [1.807, 2.05) is 0 Å². The van der Waals surface area contributed by atoms with E-state index in [1.165, 1.54) is 25.7 Å². The smallest absolute Gasteiger partial charge is 0.0525 e. The Balaban J connectivity index is 2.11. The topological polar surface area (TPSA) is 9.23 Å². The average Bonchev–Trinajstić information content (AvgIpc) is 2.48. The van der Waals surface area contributed by atoms with Crippen LogP contribution >= 0.6 is 0 Å². The molecule has 10 heavy (non-hydrogen) atoms. The zero-order valence-corrected chi connectivity index (χ0v) is 6.73. The Hall–Kier alpha value is -0.0400. The van der Waals surface area contributed by atoms with Gasteiger partial charge >= 0.3 is 0 Å². The van der Waals surface area contributed by atoms with E-state index in [2.05, 4.69) is 6.92 Å². The molecule has 1 spiro atoms. The Morgan fingerprint density at radius 3 is 2.80 bits per heavy atom. The number of hydrogen-bond donors (Lipinski definition) is 0. The summed E-state index contributed by atoms with van der Waals surface area (Å²) < 4.78 is 5.45. The molecule has 2 rings (SSSR count). The molecule has 2 atom stereocenters. The van der Waals surface area contributed by atoms with E-state index in [1.54, 1.807) is 0 Å². The van der Waals surface area contributed by atoms with Crippen LogP contribution in [0.5, 0.6) is 0 Å². The molecule has 2 fully saturated rings. The molecule has 1 saturated carbocycles. The molecule has 1 aliphatic carbocycles. The van der Waals surface area contributed by atoms with Gasteiger partial charge in [-0.1, -0.05) is 19.8 Å². The van der Waals surface area contributed by atoms with Crippen molar-refractivity contribution in [2.75, 3.05) is 13.2 Å². The zero-order valence-electron chi connectivity index (χ0n) is 6.73. The van der Waals surface area contributed by atoms with Crippen LogP contribution in [0.1, 0.15) is 32.6 Å². The minimum atomic E-state index is 0.625. The van der Waals surface area contributed by atoms with Gasteiger partial charge in [0.15, 0.2) is 0 Å². The molecule has 1 saturated heterocycles. The Labute approximate surface area is 62.8 Å². The number of ether oxygens (including phenoxy) is 1. The van der Waals surface area contributed by atoms with Crippen LogP contribution in [0, 0.1) is 11.3 Å². The lowest BCUT2D eigenvalue weighted by atomic mass is 9.78. The van der Waals surface area contributed by atoms with Crippen LogP contribution in [0.25, 0.3) is 0 Å². The highest BCUT2D eigenvalue weighted by Gasteiger charge is 2.42. The predicted molar refractivity (Wildman–Crippen MR) is 40.9 cm³/mol. The molecule has 0 radical (unpaired) electrons. The maximum Gasteiger partial charge on any atom is 0.0525 e. The van der Waals surface area contributed by atoms with E-state index < -0.39 is 0 Å². The third kappa shape index (κ3) is 0.800. The molecule has 2 aliphatic rings. The molecular formula is C9H16O. The Morgan fingerprint density at radius 2 is 2.30 bits per heavy atom. The summed E-state index contributed by atoms with van der Waals surface area (Å²) in [6.07, 6.45) is 5.62. The molecule has 58 valence electrons. The average molecular weight is 140 g/mol. The zero-order chi connectivity index (χ0) is 7.03. The Morgan fingerprint density at radius 1 is 1.40 bits per heavy atom. The SMILES string of the molecule is CC1CCCC12CCOC2. The molecule has 2 unspecified atom stereocenters. The van der Waals surface area contributed by atoms with E-state index in [0.717, 1.165) is 19.1 Å². The minimum Gasteiger partial charge on any atom is -0.381 e. The molecule has 1 heterocycles. The van der Waals surface area contributed by atoms with Crippen LogP contribution in [0.15, 0.2) is 0 Å². The highest BCUT2D eigenvalue weighted by molar-refractivity contribution is 4.92. The second kappa shape index (κ2) is 2.23. The molecule has 1 aliphatic heterocycles. The van der Waals surface area contributed by atoms with Gasteiger partial charge in [-0.2, -0.15) is 0 Å². The van der Waals surface area contributed by atoms with Crippen LogP contribution in [0.4, 0.5) is 0 Å². The van der Waals surface area contributed by atoms with Gasteiger partial charge in [0.2, 0.25) is 0 Å². The van der Waals surface area contributed by atoms with E-state index in [-0.39, 0.29) is 0 Å². The fourth-order valence-corrected chi connectivity index (χ4v) is 2.52. The van der Waals surface area contributed by atoms with E-state index in [0.29, 0.717) is 5.41 Å². The minimum absolute atomic E-state index is 0.625. The molecular weight excluding hydrogens is 124 g/mol. The summed E-state index contributed by atoms with van der Waals surface area (Å²) in [4.78, 5) is 0. The first-order valence-corrected chi connectivity index (χ1v) is 4.41. The monoisotopic (exact) mass is 140 g/mol. The number of hydrogen-bond acceptors (Lipinski definition) is 1. The molecule has 0 N–H and O–H groups in total. The molecule has 1 nitrogen and oxygen atoms in total. The van der Waals surface area contributed by atoms with Gasteiger partial charge in [-0.3, -0.25) is 0 Å². The van der Waals surface area contributed by atoms with Crippen LogP contribution < -0.4 is 0 Å². The number of rotatable bonds is 0. The molecule has 0 amide bonds. The fraction of sp³-hybridized carbons (Fsp3) is 1.00. The van der Waals surface area contributed by atoms with Crippen molar-refractivity contribution in [1.82, 2.24) is 0 Å². The van der Waals surface area contributed by atoms with Gasteiger partial charge in [0.25, 0.3) is 0 Å². The van der Waals surface area contributed by atoms with Crippen molar-refractivity contribution in [1.29, 1.82) is 0 Å². The maximum absolute atomic E-state index is 5.45. The molecule has 0 bridgehead atoms. The van der Waals surface area contributed by atoms with Gasteiger partial charge in [0, 0.05) is 6.61 Å². The van der Waals surface area contributed by atoms with Crippen LogP contribution in [0.3, 0.4) is 0 Å². The van der Waals surface area contributed by atoms with Crippen molar-refractivity contribution in [3.63, 3.8) is 0 Å². The van der Waals surface area contributed by atoms with Crippen molar-refractivity contribution in [2.24, 2.45) is 11.3 Å². The summed E-state index contributed by atoms with van der Waals surface area (Å²) in [6, 6.07) is 0. The quantitative estimate of drug-likeness (QED) is 0.501. The Kier molecular flexibility index (Phi) is 1.48. The normalized spacial score (nSPS) is 47.1. The van der Waals surface area contributed by atoms with Gasteiger partial charge in [0.1, 0.15) is 0 Å². The van der Waals surface area contributed by atoms with Gasteiger partial charge in [-0.25, -0.2) is 0 Å². The summed E-state index contributed by atoms with van der Waals surface area (Å²) in [6.45, 7) is 4.46. The van der Waals surface area contributed by atoms with Crippen molar-refractivity contribution in [2.45, 2.75) is 32.6 Å². The van der Waals surface area contributed by atoms with Gasteiger partial charge < -0.3 is 4.74 Å². The van der Waals surface area contributed by atoms with Crippen molar-refractivity contribution in [3.05, 3.63) is 0 Å². The second-order valence-electron chi connectivity index (χ2n) is 3.96.